The molecule has 0 fully saturated rings. The van der Waals surface area contributed by atoms with Crippen LogP contribution in [-0.2, 0) is 9.59 Å². The summed E-state index contributed by atoms with van der Waals surface area (Å²) in [4.78, 5) is 20.1. The van der Waals surface area contributed by atoms with Crippen molar-refractivity contribution < 1.29 is 9.59 Å². The van der Waals surface area contributed by atoms with Crippen LogP contribution in [0, 0.1) is 17.8 Å². The van der Waals surface area contributed by atoms with E-state index in [-0.39, 0.29) is 5.92 Å². The van der Waals surface area contributed by atoms with E-state index in [1.807, 2.05) is 6.08 Å². The molecule has 68 valence electrons. The fraction of sp³-hybridized carbons (Fsp3) is 0.273. The van der Waals surface area contributed by atoms with Crippen LogP contribution in [0.1, 0.15) is 12.8 Å². The molecule has 0 bridgehead atoms. The fourth-order valence-electron chi connectivity index (χ4n) is 0.821. The van der Waals surface area contributed by atoms with E-state index in [0.29, 0.717) is 19.1 Å². The molecule has 0 saturated heterocycles. The average molecular weight is 176 g/mol. The summed E-state index contributed by atoms with van der Waals surface area (Å²) in [6, 6.07) is 0. The Bertz CT molecular complexity index is 253. The van der Waals surface area contributed by atoms with Gasteiger partial charge in [-0.25, -0.2) is 0 Å². The van der Waals surface area contributed by atoms with E-state index in [1.54, 1.807) is 12.2 Å². The number of rotatable bonds is 5. The third-order valence-corrected chi connectivity index (χ3v) is 1.44. The largest absolute Gasteiger partial charge is 0.303 e. The highest BCUT2D eigenvalue weighted by Gasteiger charge is 2.00. The van der Waals surface area contributed by atoms with Gasteiger partial charge in [0.2, 0.25) is 0 Å². The molecule has 0 spiro atoms. The summed E-state index contributed by atoms with van der Waals surface area (Å²) in [5.74, 6) is 5.06. The normalized spacial score (nSPS) is 11.4. The van der Waals surface area contributed by atoms with Crippen LogP contribution in [0.15, 0.2) is 24.8 Å². The first-order chi connectivity index (χ1) is 6.35. The minimum atomic E-state index is 0.0861. The molecule has 0 saturated carbocycles. The van der Waals surface area contributed by atoms with Gasteiger partial charge in [0.25, 0.3) is 0 Å². The predicted molar refractivity (Wildman–Crippen MR) is 52.0 cm³/mol. The topological polar surface area (TPSA) is 34.1 Å². The molecular formula is C11H12O2. The number of aldehydes is 2. The molecule has 2 nitrogen and oxygen atoms in total. The van der Waals surface area contributed by atoms with E-state index in [0.717, 1.165) is 6.29 Å². The van der Waals surface area contributed by atoms with Gasteiger partial charge in [-0.1, -0.05) is 30.7 Å². The summed E-state index contributed by atoms with van der Waals surface area (Å²) in [6.45, 7) is 3.52. The van der Waals surface area contributed by atoms with E-state index in [1.165, 1.54) is 0 Å². The Hall–Kier alpha value is -1.62. The zero-order valence-corrected chi connectivity index (χ0v) is 7.40. The summed E-state index contributed by atoms with van der Waals surface area (Å²) in [6.07, 6.45) is 7.64. The summed E-state index contributed by atoms with van der Waals surface area (Å²) in [5.41, 5.74) is 0. The molecule has 0 radical (unpaired) electrons. The van der Waals surface area contributed by atoms with Crippen LogP contribution < -0.4 is 0 Å². The summed E-state index contributed by atoms with van der Waals surface area (Å²) < 4.78 is 0. The van der Waals surface area contributed by atoms with Crippen LogP contribution in [0.3, 0.4) is 0 Å². The SMILES string of the molecule is C=C/C=C/C(CC#CC=O)CC=O. The number of hydrogen-bond donors (Lipinski definition) is 0. The lowest BCUT2D eigenvalue weighted by atomic mass is 10.0. The smallest absolute Gasteiger partial charge is 0.192 e. The Kier molecular flexibility index (Phi) is 7.42. The lowest BCUT2D eigenvalue weighted by Crippen LogP contribution is -1.95. The van der Waals surface area contributed by atoms with E-state index < -0.39 is 0 Å². The number of carbonyl (C=O) groups is 2. The number of hydrogen-bond acceptors (Lipinski definition) is 2. The highest BCUT2D eigenvalue weighted by atomic mass is 16.1. The fourth-order valence-corrected chi connectivity index (χ4v) is 0.821. The van der Waals surface area contributed by atoms with Crippen LogP contribution in [0.4, 0.5) is 0 Å². The van der Waals surface area contributed by atoms with Gasteiger partial charge >= 0.3 is 0 Å². The highest BCUT2D eigenvalue weighted by Crippen LogP contribution is 2.07. The van der Waals surface area contributed by atoms with Gasteiger partial charge in [-0.15, -0.1) is 0 Å². The molecular weight excluding hydrogens is 164 g/mol. The maximum absolute atomic E-state index is 10.2. The molecule has 0 aromatic heterocycles. The Morgan fingerprint density at radius 3 is 2.69 bits per heavy atom. The molecule has 0 heterocycles. The van der Waals surface area contributed by atoms with Crippen molar-refractivity contribution in [2.45, 2.75) is 12.8 Å². The Labute approximate surface area is 78.3 Å². The number of allylic oxidation sites excluding steroid dienone is 3. The van der Waals surface area contributed by atoms with Gasteiger partial charge in [0.1, 0.15) is 6.29 Å². The van der Waals surface area contributed by atoms with Gasteiger partial charge in [-0.3, -0.25) is 4.79 Å². The molecule has 0 aromatic rings. The van der Waals surface area contributed by atoms with Gasteiger partial charge < -0.3 is 4.79 Å². The lowest BCUT2D eigenvalue weighted by molar-refractivity contribution is -0.108. The average Bonchev–Trinajstić information content (AvgIpc) is 2.14. The van der Waals surface area contributed by atoms with Crippen LogP contribution in [0.5, 0.6) is 0 Å². The first-order valence-corrected chi connectivity index (χ1v) is 4.00. The molecule has 0 aromatic carbocycles. The molecule has 1 unspecified atom stereocenters. The van der Waals surface area contributed by atoms with Crippen molar-refractivity contribution in [2.75, 3.05) is 0 Å². The van der Waals surface area contributed by atoms with E-state index in [4.69, 9.17) is 0 Å². The summed E-state index contributed by atoms with van der Waals surface area (Å²) >= 11 is 0. The maximum atomic E-state index is 10.2. The molecule has 1 atom stereocenters. The zero-order chi connectivity index (χ0) is 9.94. The van der Waals surface area contributed by atoms with Gasteiger partial charge in [-0.2, -0.15) is 0 Å². The third kappa shape index (κ3) is 6.77. The third-order valence-electron chi connectivity index (χ3n) is 1.44. The van der Waals surface area contributed by atoms with Crippen molar-refractivity contribution >= 4 is 12.6 Å². The second kappa shape index (κ2) is 8.48. The highest BCUT2D eigenvalue weighted by molar-refractivity contribution is 5.72. The minimum Gasteiger partial charge on any atom is -0.303 e. The second-order valence-electron chi connectivity index (χ2n) is 2.43. The number of carbonyl (C=O) groups excluding carboxylic acids is 2. The molecule has 0 rings (SSSR count). The van der Waals surface area contributed by atoms with E-state index in [2.05, 4.69) is 18.4 Å². The minimum absolute atomic E-state index is 0.0861. The van der Waals surface area contributed by atoms with Crippen molar-refractivity contribution in [3.05, 3.63) is 24.8 Å². The predicted octanol–water partition coefficient (Wildman–Crippen LogP) is 1.53. The van der Waals surface area contributed by atoms with Gasteiger partial charge in [-0.05, 0) is 11.8 Å². The van der Waals surface area contributed by atoms with Crippen molar-refractivity contribution in [2.24, 2.45) is 5.92 Å². The summed E-state index contributed by atoms with van der Waals surface area (Å²) in [7, 11) is 0. The van der Waals surface area contributed by atoms with E-state index >= 15 is 0 Å². The summed E-state index contributed by atoms with van der Waals surface area (Å²) in [5, 5.41) is 0. The van der Waals surface area contributed by atoms with Gasteiger partial charge in [0.05, 0.1) is 0 Å². The van der Waals surface area contributed by atoms with Crippen LogP contribution in [0.25, 0.3) is 0 Å². The molecule has 13 heavy (non-hydrogen) atoms. The quantitative estimate of drug-likeness (QED) is 0.361. The molecule has 0 aliphatic rings. The van der Waals surface area contributed by atoms with Crippen molar-refractivity contribution in [3.8, 4) is 11.8 Å². The molecule has 0 amide bonds. The van der Waals surface area contributed by atoms with Crippen molar-refractivity contribution in [1.82, 2.24) is 0 Å². The molecule has 2 heteroatoms. The first kappa shape index (κ1) is 11.4. The van der Waals surface area contributed by atoms with Crippen LogP contribution in [-0.4, -0.2) is 12.6 Å². The monoisotopic (exact) mass is 176 g/mol. The standard InChI is InChI=1S/C11H12O2/c1-2-3-6-11(8-10-13)7-4-5-9-12/h2-3,6,9-11H,1,7-8H2/b6-3+. The van der Waals surface area contributed by atoms with Crippen LogP contribution >= 0.6 is 0 Å². The molecule has 0 aliphatic heterocycles. The second-order valence-corrected chi connectivity index (χ2v) is 2.43. The van der Waals surface area contributed by atoms with Crippen LogP contribution in [0.2, 0.25) is 0 Å². The van der Waals surface area contributed by atoms with E-state index in [9.17, 15) is 9.59 Å². The van der Waals surface area contributed by atoms with Gasteiger partial charge in [0, 0.05) is 12.8 Å². The lowest BCUT2D eigenvalue weighted by Gasteiger charge is -2.01. The molecule has 0 N–H and O–H groups in total. The molecule has 0 aliphatic carbocycles. The zero-order valence-electron chi connectivity index (χ0n) is 7.40. The van der Waals surface area contributed by atoms with Gasteiger partial charge in [0.15, 0.2) is 6.29 Å². The first-order valence-electron chi connectivity index (χ1n) is 4.00. The van der Waals surface area contributed by atoms with Crippen molar-refractivity contribution in [3.63, 3.8) is 0 Å². The maximum Gasteiger partial charge on any atom is 0.192 e. The Morgan fingerprint density at radius 1 is 1.38 bits per heavy atom. The van der Waals surface area contributed by atoms with Crippen molar-refractivity contribution in [1.29, 1.82) is 0 Å². The Morgan fingerprint density at radius 2 is 2.15 bits per heavy atom. The Balaban J connectivity index is 4.07.